The minimum absolute atomic E-state index is 0.0486. The maximum Gasteiger partial charge on any atom is 0.339 e. The normalized spacial score (nSPS) is 14.7. The van der Waals surface area contributed by atoms with Crippen molar-refractivity contribution in [2.24, 2.45) is 0 Å². The van der Waals surface area contributed by atoms with E-state index in [1.165, 1.54) is 67.8 Å². The Balaban J connectivity index is 1.65. The van der Waals surface area contributed by atoms with Crippen LogP contribution in [0.1, 0.15) is 22.8 Å². The fourth-order valence-corrected chi connectivity index (χ4v) is 4.59. The van der Waals surface area contributed by atoms with Gasteiger partial charge in [0.25, 0.3) is 11.8 Å². The summed E-state index contributed by atoms with van der Waals surface area (Å²) in [6.45, 7) is 1.86. The number of urea groups is 1. The molecule has 3 aromatic carbocycles. The maximum absolute atomic E-state index is 13.2. The van der Waals surface area contributed by atoms with Gasteiger partial charge in [0.1, 0.15) is 10.5 Å². The van der Waals surface area contributed by atoms with Crippen LogP contribution in [-0.2, 0) is 24.4 Å². The number of carbonyl (C=O) groups is 4. The first-order chi connectivity index (χ1) is 18.6. The Morgan fingerprint density at radius 2 is 1.64 bits per heavy atom. The molecule has 0 unspecified atom stereocenters. The number of barbiturate groups is 1. The predicted octanol–water partition coefficient (Wildman–Crippen LogP) is 3.31. The summed E-state index contributed by atoms with van der Waals surface area (Å²) in [6, 6.07) is 16.2. The van der Waals surface area contributed by atoms with E-state index in [1.54, 1.807) is 25.1 Å². The molecule has 4 amide bonds. The molecular formula is C27H22N2O9S. The van der Waals surface area contributed by atoms with Crippen LogP contribution in [0.2, 0.25) is 0 Å². The first-order valence-corrected chi connectivity index (χ1v) is 12.9. The van der Waals surface area contributed by atoms with Gasteiger partial charge in [0.05, 0.1) is 25.0 Å². The maximum atomic E-state index is 13.2. The molecule has 0 aliphatic carbocycles. The van der Waals surface area contributed by atoms with Gasteiger partial charge in [-0.2, -0.15) is 8.42 Å². The van der Waals surface area contributed by atoms with Crippen molar-refractivity contribution in [2.75, 3.05) is 18.6 Å². The summed E-state index contributed by atoms with van der Waals surface area (Å²) >= 11 is 0. The molecule has 0 aromatic heterocycles. The number of rotatable bonds is 8. The third-order valence-corrected chi connectivity index (χ3v) is 6.71. The number of amides is 4. The summed E-state index contributed by atoms with van der Waals surface area (Å²) in [5, 5.41) is 2.11. The summed E-state index contributed by atoms with van der Waals surface area (Å²) in [5.41, 5.74) is 0.267. The third-order valence-electron chi connectivity index (χ3n) is 5.46. The summed E-state index contributed by atoms with van der Waals surface area (Å²) in [5.74, 6) is -2.45. The molecular weight excluding hydrogens is 528 g/mol. The number of benzene rings is 3. The molecule has 1 N–H and O–H groups in total. The molecule has 0 radical (unpaired) electrons. The van der Waals surface area contributed by atoms with Crippen LogP contribution in [0, 0.1) is 0 Å². The Hall–Kier alpha value is -4.97. The fourth-order valence-electron chi connectivity index (χ4n) is 3.63. The molecule has 0 atom stereocenters. The monoisotopic (exact) mass is 550 g/mol. The van der Waals surface area contributed by atoms with Crippen LogP contribution in [0.4, 0.5) is 10.5 Å². The van der Waals surface area contributed by atoms with Crippen molar-refractivity contribution < 1.29 is 41.3 Å². The van der Waals surface area contributed by atoms with Crippen LogP contribution in [-0.4, -0.2) is 45.9 Å². The van der Waals surface area contributed by atoms with E-state index in [0.717, 1.165) is 4.90 Å². The van der Waals surface area contributed by atoms with Gasteiger partial charge in [0.15, 0.2) is 11.5 Å². The standard InChI is InChI=1S/C27H22N2O9S/c1-3-37-23-16-17(9-14-22(23)38-39(34,35)20-7-5-4-6-8-20)15-21-24(30)28-27(33)29(25(21)31)19-12-10-18(11-13-19)26(32)36-2/h4-16H,3H2,1-2H3,(H,28,30,33)/b21-15+. The number of hydrogen-bond donors (Lipinski definition) is 1. The first kappa shape index (κ1) is 27.1. The largest absolute Gasteiger partial charge is 0.490 e. The zero-order valence-electron chi connectivity index (χ0n) is 20.7. The minimum Gasteiger partial charge on any atom is -0.490 e. The van der Waals surface area contributed by atoms with Crippen LogP contribution in [0.5, 0.6) is 11.5 Å². The number of imide groups is 2. The molecule has 1 saturated heterocycles. The number of anilines is 1. The molecule has 0 bridgehead atoms. The molecule has 0 spiro atoms. The van der Waals surface area contributed by atoms with Gasteiger partial charge in [-0.3, -0.25) is 14.9 Å². The average molecular weight is 551 g/mol. The second-order valence-corrected chi connectivity index (χ2v) is 9.53. The number of nitrogens with one attached hydrogen (secondary N) is 1. The van der Waals surface area contributed by atoms with Crippen LogP contribution < -0.4 is 19.1 Å². The lowest BCUT2D eigenvalue weighted by Gasteiger charge is -2.26. The zero-order valence-corrected chi connectivity index (χ0v) is 21.6. The molecule has 1 heterocycles. The Labute approximate surface area is 223 Å². The third kappa shape index (κ3) is 5.80. The lowest BCUT2D eigenvalue weighted by atomic mass is 10.1. The Kier molecular flexibility index (Phi) is 7.77. The number of methoxy groups -OCH3 is 1. The second kappa shape index (κ2) is 11.2. The van der Waals surface area contributed by atoms with Gasteiger partial charge < -0.3 is 13.7 Å². The highest BCUT2D eigenvalue weighted by atomic mass is 32.2. The smallest absolute Gasteiger partial charge is 0.339 e. The molecule has 1 aliphatic rings. The SMILES string of the molecule is CCOc1cc(/C=C2\C(=O)NC(=O)N(c3ccc(C(=O)OC)cc3)C2=O)ccc1OS(=O)(=O)c1ccccc1. The van der Waals surface area contributed by atoms with Crippen molar-refractivity contribution in [3.05, 3.63) is 89.5 Å². The quantitative estimate of drug-likeness (QED) is 0.193. The molecule has 39 heavy (non-hydrogen) atoms. The molecule has 11 nitrogen and oxygen atoms in total. The zero-order chi connectivity index (χ0) is 28.2. The van der Waals surface area contributed by atoms with E-state index in [1.807, 2.05) is 0 Å². The Morgan fingerprint density at radius 1 is 0.949 bits per heavy atom. The van der Waals surface area contributed by atoms with Gasteiger partial charge in [-0.05, 0) is 67.1 Å². The van der Waals surface area contributed by atoms with E-state index in [2.05, 4.69) is 10.1 Å². The highest BCUT2D eigenvalue weighted by Gasteiger charge is 2.37. The molecule has 12 heteroatoms. The van der Waals surface area contributed by atoms with Crippen molar-refractivity contribution >= 4 is 45.7 Å². The Morgan fingerprint density at radius 3 is 2.28 bits per heavy atom. The topological polar surface area (TPSA) is 145 Å². The van der Waals surface area contributed by atoms with Crippen LogP contribution in [0.15, 0.2) is 83.3 Å². The lowest BCUT2D eigenvalue weighted by Crippen LogP contribution is -2.54. The number of esters is 1. The van der Waals surface area contributed by atoms with Gasteiger partial charge in [-0.15, -0.1) is 0 Å². The summed E-state index contributed by atoms with van der Waals surface area (Å²) in [4.78, 5) is 50.6. The Bertz CT molecular complexity index is 1580. The van der Waals surface area contributed by atoms with E-state index < -0.39 is 33.9 Å². The fraction of sp³-hybridized carbons (Fsp3) is 0.111. The van der Waals surface area contributed by atoms with E-state index in [9.17, 15) is 27.6 Å². The van der Waals surface area contributed by atoms with Gasteiger partial charge >= 0.3 is 22.1 Å². The number of ether oxygens (including phenoxy) is 2. The van der Waals surface area contributed by atoms with Crippen molar-refractivity contribution in [3.8, 4) is 11.5 Å². The number of hydrogen-bond acceptors (Lipinski definition) is 9. The van der Waals surface area contributed by atoms with Crippen molar-refractivity contribution in [3.63, 3.8) is 0 Å². The van der Waals surface area contributed by atoms with Crippen LogP contribution in [0.3, 0.4) is 0 Å². The molecule has 0 saturated carbocycles. The molecule has 1 aliphatic heterocycles. The predicted molar refractivity (Wildman–Crippen MR) is 139 cm³/mol. The van der Waals surface area contributed by atoms with Gasteiger partial charge in [-0.1, -0.05) is 24.3 Å². The molecule has 4 rings (SSSR count). The van der Waals surface area contributed by atoms with Crippen molar-refractivity contribution in [1.29, 1.82) is 0 Å². The van der Waals surface area contributed by atoms with Crippen molar-refractivity contribution in [1.82, 2.24) is 5.32 Å². The highest BCUT2D eigenvalue weighted by molar-refractivity contribution is 7.87. The summed E-state index contributed by atoms with van der Waals surface area (Å²) in [7, 11) is -2.93. The second-order valence-electron chi connectivity index (χ2n) is 7.99. The molecule has 1 fully saturated rings. The van der Waals surface area contributed by atoms with Crippen LogP contribution in [0.25, 0.3) is 6.08 Å². The summed E-state index contributed by atoms with van der Waals surface area (Å²) < 4.78 is 40.8. The number of carbonyl (C=O) groups excluding carboxylic acids is 4. The average Bonchev–Trinajstić information content (AvgIpc) is 2.92. The highest BCUT2D eigenvalue weighted by Crippen LogP contribution is 2.32. The van der Waals surface area contributed by atoms with Crippen molar-refractivity contribution in [2.45, 2.75) is 11.8 Å². The summed E-state index contributed by atoms with van der Waals surface area (Å²) in [6.07, 6.45) is 1.23. The van der Waals surface area contributed by atoms with Gasteiger partial charge in [-0.25, -0.2) is 14.5 Å². The first-order valence-electron chi connectivity index (χ1n) is 11.5. The van der Waals surface area contributed by atoms with Crippen LogP contribution >= 0.6 is 0 Å². The number of nitrogens with zero attached hydrogens (tertiary/aromatic N) is 1. The minimum atomic E-state index is -4.15. The van der Waals surface area contributed by atoms with E-state index in [0.29, 0.717) is 5.56 Å². The molecule has 200 valence electrons. The lowest BCUT2D eigenvalue weighted by molar-refractivity contribution is -0.122. The van der Waals surface area contributed by atoms with E-state index in [4.69, 9.17) is 8.92 Å². The van der Waals surface area contributed by atoms with Gasteiger partial charge in [0, 0.05) is 0 Å². The van der Waals surface area contributed by atoms with Gasteiger partial charge in [0.2, 0.25) is 0 Å². The van der Waals surface area contributed by atoms with E-state index in [-0.39, 0.29) is 39.8 Å². The molecule has 3 aromatic rings. The van der Waals surface area contributed by atoms with E-state index >= 15 is 0 Å².